The number of fused-ring (bicyclic) bond motifs is 1. The van der Waals surface area contributed by atoms with E-state index >= 15 is 0 Å². The van der Waals surface area contributed by atoms with Crippen molar-refractivity contribution in [1.29, 1.82) is 0 Å². The van der Waals surface area contributed by atoms with Gasteiger partial charge in [0.15, 0.2) is 11.5 Å². The number of hydrogen-bond acceptors (Lipinski definition) is 3. The maximum absolute atomic E-state index is 12.3. The lowest BCUT2D eigenvalue weighted by molar-refractivity contribution is -0.872. The molecular weight excluding hydrogens is 376 g/mol. The molecule has 1 amide bonds. The van der Waals surface area contributed by atoms with Crippen LogP contribution in [0.2, 0.25) is 5.02 Å². The van der Waals surface area contributed by atoms with E-state index in [0.717, 1.165) is 24.1 Å². The summed E-state index contributed by atoms with van der Waals surface area (Å²) in [6.45, 7) is 2.58. The summed E-state index contributed by atoms with van der Waals surface area (Å²) in [5, 5.41) is 3.43. The fourth-order valence-corrected chi connectivity index (χ4v) is 3.32. The van der Waals surface area contributed by atoms with E-state index in [1.807, 2.05) is 24.3 Å². The summed E-state index contributed by atoms with van der Waals surface area (Å²) in [4.78, 5) is 13.6. The second-order valence-electron chi connectivity index (χ2n) is 7.08. The lowest BCUT2D eigenvalue weighted by Crippen LogP contribution is -3.04. The monoisotopic (exact) mass is 401 g/mol. The fraction of sp³-hybridized carbons (Fsp3) is 0.318. The Morgan fingerprint density at radius 3 is 2.71 bits per heavy atom. The molecule has 1 aliphatic heterocycles. The van der Waals surface area contributed by atoms with Crippen LogP contribution in [0.5, 0.6) is 11.5 Å². The van der Waals surface area contributed by atoms with Crippen molar-refractivity contribution in [2.75, 3.05) is 27.3 Å². The van der Waals surface area contributed by atoms with Gasteiger partial charge in [0.1, 0.15) is 6.54 Å². The maximum Gasteiger partial charge on any atom is 0.244 e. The molecule has 2 aromatic rings. The number of halogens is 1. The van der Waals surface area contributed by atoms with Crippen LogP contribution in [-0.2, 0) is 17.9 Å². The van der Waals surface area contributed by atoms with Crippen LogP contribution >= 0.6 is 11.6 Å². The number of hydrogen-bond donors (Lipinski definition) is 2. The third kappa shape index (κ3) is 5.50. The van der Waals surface area contributed by atoms with Crippen molar-refractivity contribution in [2.45, 2.75) is 19.5 Å². The quantitative estimate of drug-likeness (QED) is 0.731. The van der Waals surface area contributed by atoms with Crippen molar-refractivity contribution in [1.82, 2.24) is 5.32 Å². The van der Waals surface area contributed by atoms with Gasteiger partial charge < -0.3 is 19.7 Å². The molecule has 1 heterocycles. The Morgan fingerprint density at radius 2 is 1.93 bits per heavy atom. The molecule has 0 aromatic heterocycles. The average Bonchev–Trinajstić information content (AvgIpc) is 2.91. The number of ether oxygens (including phenoxy) is 2. The van der Waals surface area contributed by atoms with Crippen LogP contribution in [0.15, 0.2) is 42.5 Å². The first kappa shape index (κ1) is 20.2. The van der Waals surface area contributed by atoms with Crippen LogP contribution in [0.1, 0.15) is 23.1 Å². The van der Waals surface area contributed by atoms with E-state index in [9.17, 15) is 4.79 Å². The number of quaternary nitrogens is 1. The van der Waals surface area contributed by atoms with Crippen molar-refractivity contribution < 1.29 is 19.2 Å². The number of carbonyl (C=O) groups is 1. The maximum atomic E-state index is 12.3. The van der Waals surface area contributed by atoms with Gasteiger partial charge in [0.05, 0.1) is 32.3 Å². The Kier molecular flexibility index (Phi) is 6.95. The third-order valence-electron chi connectivity index (χ3n) is 4.37. The van der Waals surface area contributed by atoms with Crippen molar-refractivity contribution >= 4 is 23.6 Å². The molecule has 0 atom stereocenters. The van der Waals surface area contributed by atoms with Gasteiger partial charge >= 0.3 is 0 Å². The minimum atomic E-state index is -0.157. The molecule has 2 N–H and O–H groups in total. The Labute approximate surface area is 170 Å². The second-order valence-corrected chi connectivity index (χ2v) is 7.49. The summed E-state index contributed by atoms with van der Waals surface area (Å²) in [5.74, 6) is 1.03. The Morgan fingerprint density at radius 1 is 1.18 bits per heavy atom. The highest BCUT2D eigenvalue weighted by Gasteiger charge is 2.15. The van der Waals surface area contributed by atoms with Crippen LogP contribution in [0.4, 0.5) is 0 Å². The molecule has 6 heteroatoms. The second kappa shape index (κ2) is 9.62. The molecule has 0 aliphatic carbocycles. The predicted octanol–water partition coefficient (Wildman–Crippen LogP) is 2.48. The molecule has 2 aromatic carbocycles. The van der Waals surface area contributed by atoms with Crippen molar-refractivity contribution in [2.24, 2.45) is 0 Å². The Hall–Kier alpha value is -2.50. The molecule has 0 spiro atoms. The summed E-state index contributed by atoms with van der Waals surface area (Å²) >= 11 is 6.29. The lowest BCUT2D eigenvalue weighted by atomic mass is 10.1. The SMILES string of the molecule is C[NH+](C)Cc1ccccc1CNC(=O)/C=C/c1cc(Cl)c2c(c1)OCCCO2. The van der Waals surface area contributed by atoms with Gasteiger partial charge in [0.25, 0.3) is 0 Å². The molecule has 5 nitrogen and oxygen atoms in total. The van der Waals surface area contributed by atoms with Crippen LogP contribution in [0.3, 0.4) is 0 Å². The average molecular weight is 402 g/mol. The number of rotatable bonds is 6. The highest BCUT2D eigenvalue weighted by Crippen LogP contribution is 2.38. The zero-order valence-corrected chi connectivity index (χ0v) is 17.0. The molecule has 3 rings (SSSR count). The first-order valence-electron chi connectivity index (χ1n) is 9.44. The molecule has 0 fully saturated rings. The van der Waals surface area contributed by atoms with E-state index < -0.39 is 0 Å². The minimum absolute atomic E-state index is 0.157. The molecule has 1 aliphatic rings. The first-order chi connectivity index (χ1) is 13.5. The van der Waals surface area contributed by atoms with Crippen molar-refractivity contribution in [3.63, 3.8) is 0 Å². The number of benzene rings is 2. The van der Waals surface area contributed by atoms with Gasteiger partial charge in [-0.05, 0) is 29.3 Å². The van der Waals surface area contributed by atoms with Gasteiger partial charge in [-0.15, -0.1) is 0 Å². The van der Waals surface area contributed by atoms with Gasteiger partial charge in [-0.2, -0.15) is 0 Å². The van der Waals surface area contributed by atoms with Crippen molar-refractivity contribution in [3.05, 3.63) is 64.2 Å². The van der Waals surface area contributed by atoms with Gasteiger partial charge in [-0.25, -0.2) is 0 Å². The molecule has 0 saturated carbocycles. The summed E-state index contributed by atoms with van der Waals surface area (Å²) in [6.07, 6.45) is 4.05. The van der Waals surface area contributed by atoms with Gasteiger partial charge in [0, 0.05) is 24.6 Å². The van der Waals surface area contributed by atoms with E-state index in [-0.39, 0.29) is 5.91 Å². The van der Waals surface area contributed by atoms with E-state index in [4.69, 9.17) is 21.1 Å². The summed E-state index contributed by atoms with van der Waals surface area (Å²) in [6, 6.07) is 11.8. The fourth-order valence-electron chi connectivity index (χ4n) is 3.04. The zero-order valence-electron chi connectivity index (χ0n) is 16.3. The topological polar surface area (TPSA) is 52.0 Å². The van der Waals surface area contributed by atoms with Gasteiger partial charge in [-0.3, -0.25) is 4.79 Å². The Balaban J connectivity index is 1.63. The predicted molar refractivity (Wildman–Crippen MR) is 111 cm³/mol. The van der Waals surface area contributed by atoms with Gasteiger partial charge in [0.2, 0.25) is 5.91 Å². The number of carbonyl (C=O) groups excluding carboxylic acids is 1. The van der Waals surface area contributed by atoms with E-state index in [0.29, 0.717) is 36.3 Å². The van der Waals surface area contributed by atoms with E-state index in [2.05, 4.69) is 25.5 Å². The van der Waals surface area contributed by atoms with Crippen LogP contribution < -0.4 is 19.7 Å². The lowest BCUT2D eigenvalue weighted by Gasteiger charge is -2.12. The molecule has 0 bridgehead atoms. The molecule has 0 radical (unpaired) electrons. The first-order valence-corrected chi connectivity index (χ1v) is 9.81. The van der Waals surface area contributed by atoms with Crippen molar-refractivity contribution in [3.8, 4) is 11.5 Å². The van der Waals surface area contributed by atoms with E-state index in [1.54, 1.807) is 12.1 Å². The molecule has 28 heavy (non-hydrogen) atoms. The molecule has 0 saturated heterocycles. The normalized spacial score (nSPS) is 13.6. The Bertz CT molecular complexity index is 865. The minimum Gasteiger partial charge on any atom is -0.489 e. The smallest absolute Gasteiger partial charge is 0.244 e. The van der Waals surface area contributed by atoms with Crippen LogP contribution in [0.25, 0.3) is 6.08 Å². The van der Waals surface area contributed by atoms with Crippen LogP contribution in [0, 0.1) is 0 Å². The third-order valence-corrected chi connectivity index (χ3v) is 4.65. The summed E-state index contributed by atoms with van der Waals surface area (Å²) in [7, 11) is 4.22. The largest absolute Gasteiger partial charge is 0.489 e. The molecule has 0 unspecified atom stereocenters. The summed E-state index contributed by atoms with van der Waals surface area (Å²) in [5.41, 5.74) is 3.16. The highest BCUT2D eigenvalue weighted by atomic mass is 35.5. The molecular formula is C22H26ClN2O3+. The summed E-state index contributed by atoms with van der Waals surface area (Å²) < 4.78 is 11.3. The number of nitrogens with one attached hydrogen (secondary N) is 2. The van der Waals surface area contributed by atoms with Gasteiger partial charge in [-0.1, -0.05) is 35.9 Å². The highest BCUT2D eigenvalue weighted by molar-refractivity contribution is 6.32. The van der Waals surface area contributed by atoms with Crippen LogP contribution in [-0.4, -0.2) is 33.2 Å². The number of amides is 1. The standard InChI is InChI=1S/C22H25ClN2O3/c1-25(2)15-18-7-4-3-6-17(18)14-24-21(26)9-8-16-12-19(23)22-20(13-16)27-10-5-11-28-22/h3-4,6-9,12-13H,5,10-11,14-15H2,1-2H3,(H,24,26)/p+1/b9-8+. The molecule has 148 valence electrons. The zero-order chi connectivity index (χ0) is 19.9. The van der Waals surface area contributed by atoms with E-state index in [1.165, 1.54) is 16.5 Å².